The smallest absolute Gasteiger partial charge is 0.321 e. The molecular formula is C12H15Cl2N3O3. The first-order chi connectivity index (χ1) is 9.52. The summed E-state index contributed by atoms with van der Waals surface area (Å²) in [6, 6.07) is 4.32. The molecule has 3 amide bonds. The van der Waals surface area contributed by atoms with Gasteiger partial charge in [0.15, 0.2) is 0 Å². The fourth-order valence-corrected chi connectivity index (χ4v) is 1.57. The molecule has 0 saturated carbocycles. The first kappa shape index (κ1) is 16.6. The predicted octanol–water partition coefficient (Wildman–Crippen LogP) is 1.88. The summed E-state index contributed by atoms with van der Waals surface area (Å²) < 4.78 is 4.76. The number of hydrogen-bond donors (Lipinski definition) is 3. The molecule has 6 nitrogen and oxygen atoms in total. The van der Waals surface area contributed by atoms with Gasteiger partial charge in [0.2, 0.25) is 5.91 Å². The highest BCUT2D eigenvalue weighted by Crippen LogP contribution is 2.24. The summed E-state index contributed by atoms with van der Waals surface area (Å²) >= 11 is 11.6. The SMILES string of the molecule is COCCNC(=O)NC(=O)CNc1ccc(Cl)c(Cl)c1. The van der Waals surface area contributed by atoms with Crippen LogP contribution in [-0.2, 0) is 9.53 Å². The van der Waals surface area contributed by atoms with Crippen molar-refractivity contribution in [2.45, 2.75) is 0 Å². The van der Waals surface area contributed by atoms with Gasteiger partial charge >= 0.3 is 6.03 Å². The predicted molar refractivity (Wildman–Crippen MR) is 78.4 cm³/mol. The molecule has 8 heteroatoms. The van der Waals surface area contributed by atoms with E-state index in [1.54, 1.807) is 18.2 Å². The number of carbonyl (C=O) groups excluding carboxylic acids is 2. The Morgan fingerprint density at radius 3 is 2.65 bits per heavy atom. The van der Waals surface area contributed by atoms with Crippen LogP contribution in [0.2, 0.25) is 10.0 Å². The third-order valence-electron chi connectivity index (χ3n) is 2.22. The third-order valence-corrected chi connectivity index (χ3v) is 2.96. The maximum absolute atomic E-state index is 11.5. The van der Waals surface area contributed by atoms with Crippen LogP contribution < -0.4 is 16.0 Å². The Kier molecular flexibility index (Phi) is 7.14. The van der Waals surface area contributed by atoms with Crippen LogP contribution in [0.4, 0.5) is 10.5 Å². The molecule has 3 N–H and O–H groups in total. The molecule has 110 valence electrons. The monoisotopic (exact) mass is 319 g/mol. The molecule has 0 aliphatic heterocycles. The van der Waals surface area contributed by atoms with Crippen molar-refractivity contribution in [1.29, 1.82) is 0 Å². The molecule has 0 saturated heterocycles. The van der Waals surface area contributed by atoms with Gasteiger partial charge in [-0.25, -0.2) is 4.79 Å². The second-order valence-corrected chi connectivity index (χ2v) is 4.59. The van der Waals surface area contributed by atoms with E-state index in [1.807, 2.05) is 0 Å². The third kappa shape index (κ3) is 6.10. The number of ether oxygens (including phenoxy) is 1. The average Bonchev–Trinajstić information content (AvgIpc) is 2.40. The minimum atomic E-state index is -0.567. The average molecular weight is 320 g/mol. The van der Waals surface area contributed by atoms with Gasteiger partial charge in [-0.1, -0.05) is 23.2 Å². The van der Waals surface area contributed by atoms with Gasteiger partial charge < -0.3 is 15.4 Å². The Labute approximate surface area is 126 Å². The summed E-state index contributed by atoms with van der Waals surface area (Å²) in [7, 11) is 1.52. The number of benzene rings is 1. The lowest BCUT2D eigenvalue weighted by molar-refractivity contribution is -0.118. The quantitative estimate of drug-likeness (QED) is 0.699. The second-order valence-electron chi connectivity index (χ2n) is 3.78. The standard InChI is InChI=1S/C12H15Cl2N3O3/c1-20-5-4-15-12(19)17-11(18)7-16-8-2-3-9(13)10(14)6-8/h2-3,6,16H,4-5,7H2,1H3,(H2,15,17,18,19). The van der Waals surface area contributed by atoms with Gasteiger partial charge in [0, 0.05) is 19.3 Å². The number of methoxy groups -OCH3 is 1. The Morgan fingerprint density at radius 2 is 2.00 bits per heavy atom. The van der Waals surface area contributed by atoms with Crippen LogP contribution in [0, 0.1) is 0 Å². The zero-order chi connectivity index (χ0) is 15.0. The zero-order valence-electron chi connectivity index (χ0n) is 10.8. The number of carbonyl (C=O) groups is 2. The molecular weight excluding hydrogens is 305 g/mol. The molecule has 0 aromatic heterocycles. The molecule has 0 heterocycles. The number of imide groups is 1. The fraction of sp³-hybridized carbons (Fsp3) is 0.333. The highest BCUT2D eigenvalue weighted by molar-refractivity contribution is 6.42. The van der Waals surface area contributed by atoms with Gasteiger partial charge in [-0.2, -0.15) is 0 Å². The fourth-order valence-electron chi connectivity index (χ4n) is 1.27. The van der Waals surface area contributed by atoms with Crippen LogP contribution in [0.5, 0.6) is 0 Å². The van der Waals surface area contributed by atoms with E-state index < -0.39 is 11.9 Å². The molecule has 0 fully saturated rings. The lowest BCUT2D eigenvalue weighted by Gasteiger charge is -2.08. The van der Waals surface area contributed by atoms with Crippen molar-refractivity contribution < 1.29 is 14.3 Å². The Bertz CT molecular complexity index is 483. The number of rotatable bonds is 6. The first-order valence-electron chi connectivity index (χ1n) is 5.78. The van der Waals surface area contributed by atoms with Crippen molar-refractivity contribution >= 4 is 40.8 Å². The van der Waals surface area contributed by atoms with Gasteiger partial charge in [0.25, 0.3) is 0 Å². The number of halogens is 2. The Morgan fingerprint density at radius 1 is 1.25 bits per heavy atom. The van der Waals surface area contributed by atoms with Gasteiger partial charge in [-0.3, -0.25) is 10.1 Å². The summed E-state index contributed by atoms with van der Waals surface area (Å²) in [4.78, 5) is 22.8. The Hall–Kier alpha value is -1.50. The Balaban J connectivity index is 2.32. The van der Waals surface area contributed by atoms with Gasteiger partial charge in [-0.15, -0.1) is 0 Å². The van der Waals surface area contributed by atoms with E-state index in [4.69, 9.17) is 27.9 Å². The maximum atomic E-state index is 11.5. The van der Waals surface area contributed by atoms with E-state index in [-0.39, 0.29) is 6.54 Å². The van der Waals surface area contributed by atoms with Gasteiger partial charge in [-0.05, 0) is 18.2 Å². The highest BCUT2D eigenvalue weighted by Gasteiger charge is 2.07. The van der Waals surface area contributed by atoms with Crippen LogP contribution in [0.25, 0.3) is 0 Å². The molecule has 0 unspecified atom stereocenters. The summed E-state index contributed by atoms with van der Waals surface area (Å²) in [6.07, 6.45) is 0. The van der Waals surface area contributed by atoms with Crippen LogP contribution in [0.1, 0.15) is 0 Å². The van der Waals surface area contributed by atoms with Crippen LogP contribution in [-0.4, -0.2) is 38.7 Å². The van der Waals surface area contributed by atoms with Crippen LogP contribution in [0.15, 0.2) is 18.2 Å². The van der Waals surface area contributed by atoms with Crippen LogP contribution >= 0.6 is 23.2 Å². The molecule has 1 rings (SSSR count). The molecule has 0 aliphatic rings. The number of amides is 3. The van der Waals surface area contributed by atoms with Crippen molar-refractivity contribution in [2.24, 2.45) is 0 Å². The molecule has 0 aliphatic carbocycles. The van der Waals surface area contributed by atoms with E-state index in [9.17, 15) is 9.59 Å². The van der Waals surface area contributed by atoms with Crippen LogP contribution in [0.3, 0.4) is 0 Å². The van der Waals surface area contributed by atoms with E-state index >= 15 is 0 Å². The van der Waals surface area contributed by atoms with E-state index in [0.29, 0.717) is 28.9 Å². The second kappa shape index (κ2) is 8.63. The summed E-state index contributed by atoms with van der Waals surface area (Å²) in [5.41, 5.74) is 0.634. The highest BCUT2D eigenvalue weighted by atomic mass is 35.5. The van der Waals surface area contributed by atoms with Crippen molar-refractivity contribution in [3.05, 3.63) is 28.2 Å². The minimum absolute atomic E-state index is 0.0599. The molecule has 0 spiro atoms. The normalized spacial score (nSPS) is 9.95. The zero-order valence-corrected chi connectivity index (χ0v) is 12.3. The molecule has 0 bridgehead atoms. The number of urea groups is 1. The molecule has 0 radical (unpaired) electrons. The van der Waals surface area contributed by atoms with Crippen molar-refractivity contribution in [2.75, 3.05) is 32.1 Å². The number of nitrogens with one attached hydrogen (secondary N) is 3. The van der Waals surface area contributed by atoms with Crippen molar-refractivity contribution in [1.82, 2.24) is 10.6 Å². The number of anilines is 1. The van der Waals surface area contributed by atoms with Gasteiger partial charge in [0.1, 0.15) is 0 Å². The molecule has 0 atom stereocenters. The van der Waals surface area contributed by atoms with Crippen molar-refractivity contribution in [3.63, 3.8) is 0 Å². The minimum Gasteiger partial charge on any atom is -0.383 e. The summed E-state index contributed by atoms with van der Waals surface area (Å²) in [5.74, 6) is -0.467. The summed E-state index contributed by atoms with van der Waals surface area (Å²) in [5, 5.41) is 8.27. The maximum Gasteiger partial charge on any atom is 0.321 e. The van der Waals surface area contributed by atoms with Gasteiger partial charge in [0.05, 0.1) is 23.2 Å². The largest absolute Gasteiger partial charge is 0.383 e. The number of hydrogen-bond acceptors (Lipinski definition) is 4. The lowest BCUT2D eigenvalue weighted by Crippen LogP contribution is -2.42. The molecule has 1 aromatic rings. The summed E-state index contributed by atoms with van der Waals surface area (Å²) in [6.45, 7) is 0.647. The molecule has 1 aromatic carbocycles. The van der Waals surface area contributed by atoms with E-state index in [0.717, 1.165) is 0 Å². The van der Waals surface area contributed by atoms with E-state index in [2.05, 4.69) is 16.0 Å². The van der Waals surface area contributed by atoms with Crippen molar-refractivity contribution in [3.8, 4) is 0 Å². The molecule has 20 heavy (non-hydrogen) atoms. The first-order valence-corrected chi connectivity index (χ1v) is 6.54. The lowest BCUT2D eigenvalue weighted by atomic mass is 10.3. The topological polar surface area (TPSA) is 79.5 Å². The van der Waals surface area contributed by atoms with E-state index in [1.165, 1.54) is 7.11 Å².